The lowest BCUT2D eigenvalue weighted by Crippen LogP contribution is -2.60. The molecule has 31 heavy (non-hydrogen) atoms. The maximum absolute atomic E-state index is 12.4. The third-order valence-electron chi connectivity index (χ3n) is 6.53. The van der Waals surface area contributed by atoms with Gasteiger partial charge in [0.1, 0.15) is 11.3 Å². The molecule has 1 aromatic carbocycles. The van der Waals surface area contributed by atoms with Crippen molar-refractivity contribution in [2.24, 2.45) is 17.8 Å². The largest absolute Gasteiger partial charge is 0.506 e. The fourth-order valence-electron chi connectivity index (χ4n) is 5.78. The summed E-state index contributed by atoms with van der Waals surface area (Å²) < 4.78 is 6.16. The van der Waals surface area contributed by atoms with E-state index in [2.05, 4.69) is 56.3 Å². The Bertz CT molecular complexity index is 778. The van der Waals surface area contributed by atoms with Crippen molar-refractivity contribution in [1.29, 1.82) is 0 Å². The van der Waals surface area contributed by atoms with E-state index in [1.54, 1.807) is 6.07 Å². The van der Waals surface area contributed by atoms with E-state index in [4.69, 9.17) is 4.74 Å². The Hall–Kier alpha value is -1.12. The molecular weight excluding hydrogens is 528 g/mol. The minimum atomic E-state index is -0.717. The van der Waals surface area contributed by atoms with Gasteiger partial charge < -0.3 is 20.5 Å². The number of esters is 1. The molecule has 4 aliphatic carbocycles. The Kier molecular flexibility index (Phi) is 8.44. The van der Waals surface area contributed by atoms with Crippen LogP contribution in [0.4, 0.5) is 0 Å². The normalized spacial score (nSPS) is 27.9. The molecule has 1 aromatic rings. The van der Waals surface area contributed by atoms with E-state index >= 15 is 0 Å². The van der Waals surface area contributed by atoms with Crippen LogP contribution in [0.2, 0.25) is 0 Å². The molecule has 8 heteroatoms. The molecule has 3 N–H and O–H groups in total. The maximum atomic E-state index is 12.4. The molecule has 0 spiro atoms. The third kappa shape index (κ3) is 6.23. The SMILES string of the molecule is CCNCC.O=C(COC(=O)c1cc(Br)cc(Br)c1O)NC12CC3CC(CC(C3)C1)C2. The standard InChI is InChI=1S/C19H21Br2NO4.C4H11N/c20-13-4-14(17(24)15(21)5-13)18(25)26-9-16(23)22-19-6-10-1-11(7-19)3-12(2-10)8-19;1-3-5-4-2/h4-5,10-12,24H,1-3,6-9H2,(H,22,23);5H,3-4H2,1-2H3. The molecule has 4 saturated carbocycles. The van der Waals surface area contributed by atoms with Gasteiger partial charge in [-0.3, -0.25) is 4.79 Å². The molecule has 0 heterocycles. The molecule has 6 nitrogen and oxygen atoms in total. The average molecular weight is 560 g/mol. The number of aromatic hydroxyl groups is 1. The summed E-state index contributed by atoms with van der Waals surface area (Å²) in [7, 11) is 0. The zero-order chi connectivity index (χ0) is 22.6. The van der Waals surface area contributed by atoms with E-state index in [1.165, 1.54) is 25.3 Å². The molecule has 0 radical (unpaired) electrons. The van der Waals surface area contributed by atoms with E-state index in [0.717, 1.165) is 50.1 Å². The lowest BCUT2D eigenvalue weighted by molar-refractivity contribution is -0.130. The Morgan fingerprint density at radius 2 is 1.61 bits per heavy atom. The minimum absolute atomic E-state index is 0.0221. The molecular formula is C23H32Br2N2O4. The van der Waals surface area contributed by atoms with Crippen LogP contribution in [0.25, 0.3) is 0 Å². The van der Waals surface area contributed by atoms with Crippen molar-refractivity contribution in [3.8, 4) is 5.75 Å². The predicted octanol–water partition coefficient (Wildman–Crippen LogP) is 4.77. The highest BCUT2D eigenvalue weighted by molar-refractivity contribution is 9.11. The van der Waals surface area contributed by atoms with Crippen LogP contribution in [0, 0.1) is 17.8 Å². The zero-order valence-electron chi connectivity index (χ0n) is 18.2. The Labute approximate surface area is 201 Å². The third-order valence-corrected chi connectivity index (χ3v) is 7.59. The number of carbonyl (C=O) groups is 2. The molecule has 0 aliphatic heterocycles. The van der Waals surface area contributed by atoms with Crippen LogP contribution in [0.5, 0.6) is 5.75 Å². The molecule has 0 saturated heterocycles. The summed E-state index contributed by atoms with van der Waals surface area (Å²) in [5.74, 6) is 1.04. The Balaban J connectivity index is 0.000000491. The Morgan fingerprint density at radius 1 is 1.06 bits per heavy atom. The van der Waals surface area contributed by atoms with Gasteiger partial charge in [-0.05, 0) is 97.4 Å². The number of amides is 1. The average Bonchev–Trinajstić information content (AvgIpc) is 2.68. The highest BCUT2D eigenvalue weighted by Crippen LogP contribution is 2.55. The van der Waals surface area contributed by atoms with Crippen LogP contribution in [-0.2, 0) is 9.53 Å². The summed E-state index contributed by atoms with van der Waals surface area (Å²) in [4.78, 5) is 24.6. The van der Waals surface area contributed by atoms with Gasteiger partial charge in [0.05, 0.1) is 4.47 Å². The number of rotatable bonds is 6. The number of carbonyl (C=O) groups excluding carboxylic acids is 2. The van der Waals surface area contributed by atoms with Crippen LogP contribution < -0.4 is 10.6 Å². The van der Waals surface area contributed by atoms with Gasteiger partial charge in [0.2, 0.25) is 0 Å². The number of phenols is 1. The van der Waals surface area contributed by atoms with E-state index in [9.17, 15) is 14.7 Å². The van der Waals surface area contributed by atoms with Crippen LogP contribution in [0.3, 0.4) is 0 Å². The monoisotopic (exact) mass is 558 g/mol. The summed E-state index contributed by atoms with van der Waals surface area (Å²) in [5, 5.41) is 16.3. The number of nitrogens with one attached hydrogen (secondary N) is 2. The number of ether oxygens (including phenoxy) is 1. The van der Waals surface area contributed by atoms with Gasteiger partial charge in [0, 0.05) is 10.0 Å². The van der Waals surface area contributed by atoms with Gasteiger partial charge in [0.25, 0.3) is 5.91 Å². The number of phenolic OH excluding ortho intramolecular Hbond substituents is 1. The molecule has 0 atom stereocenters. The van der Waals surface area contributed by atoms with Crippen molar-refractivity contribution in [2.75, 3.05) is 19.7 Å². The first-order valence-corrected chi connectivity index (χ1v) is 12.7. The van der Waals surface area contributed by atoms with Gasteiger partial charge >= 0.3 is 5.97 Å². The van der Waals surface area contributed by atoms with Gasteiger partial charge in [-0.1, -0.05) is 29.8 Å². The summed E-state index contributed by atoms with van der Waals surface area (Å²) in [6.07, 6.45) is 7.08. The van der Waals surface area contributed by atoms with Crippen molar-refractivity contribution >= 4 is 43.7 Å². The van der Waals surface area contributed by atoms with E-state index in [0.29, 0.717) is 8.95 Å². The summed E-state index contributed by atoms with van der Waals surface area (Å²) in [6, 6.07) is 3.10. The molecule has 4 aliphatic rings. The van der Waals surface area contributed by atoms with E-state index < -0.39 is 5.97 Å². The van der Waals surface area contributed by atoms with Crippen molar-refractivity contribution in [1.82, 2.24) is 10.6 Å². The fourth-order valence-corrected chi connectivity index (χ4v) is 7.00. The predicted molar refractivity (Wildman–Crippen MR) is 127 cm³/mol. The van der Waals surface area contributed by atoms with Crippen molar-refractivity contribution in [2.45, 2.75) is 57.9 Å². The number of benzene rings is 1. The maximum Gasteiger partial charge on any atom is 0.342 e. The summed E-state index contributed by atoms with van der Waals surface area (Å²) in [6.45, 7) is 6.06. The Morgan fingerprint density at radius 3 is 2.10 bits per heavy atom. The lowest BCUT2D eigenvalue weighted by Gasteiger charge is -2.56. The molecule has 4 fully saturated rings. The lowest BCUT2D eigenvalue weighted by atomic mass is 9.53. The minimum Gasteiger partial charge on any atom is -0.506 e. The second-order valence-corrected chi connectivity index (χ2v) is 10.8. The quantitative estimate of drug-likeness (QED) is 0.437. The molecule has 172 valence electrons. The topological polar surface area (TPSA) is 87.7 Å². The van der Waals surface area contributed by atoms with Crippen molar-refractivity contribution < 1.29 is 19.4 Å². The number of halogens is 2. The second-order valence-electron chi connectivity index (χ2n) is 9.06. The molecule has 1 amide bonds. The molecule has 0 unspecified atom stereocenters. The number of hydrogen-bond acceptors (Lipinski definition) is 5. The van der Waals surface area contributed by atoms with Crippen molar-refractivity contribution in [3.63, 3.8) is 0 Å². The first kappa shape index (κ1) is 24.5. The molecule has 4 bridgehead atoms. The van der Waals surface area contributed by atoms with Gasteiger partial charge in [-0.25, -0.2) is 4.79 Å². The zero-order valence-corrected chi connectivity index (χ0v) is 21.4. The highest BCUT2D eigenvalue weighted by atomic mass is 79.9. The van der Waals surface area contributed by atoms with Gasteiger partial charge in [0.15, 0.2) is 6.61 Å². The van der Waals surface area contributed by atoms with E-state index in [1.807, 2.05) is 0 Å². The summed E-state index contributed by atoms with van der Waals surface area (Å²) in [5.41, 5.74) is -0.0759. The first-order chi connectivity index (χ1) is 14.7. The van der Waals surface area contributed by atoms with Crippen LogP contribution >= 0.6 is 31.9 Å². The molecule has 5 rings (SSSR count). The second kappa shape index (κ2) is 10.7. The van der Waals surface area contributed by atoms with Crippen LogP contribution in [-0.4, -0.2) is 42.2 Å². The van der Waals surface area contributed by atoms with Crippen molar-refractivity contribution in [3.05, 3.63) is 26.6 Å². The molecule has 0 aromatic heterocycles. The van der Waals surface area contributed by atoms with Gasteiger partial charge in [-0.15, -0.1) is 0 Å². The first-order valence-electron chi connectivity index (χ1n) is 11.1. The number of hydrogen-bond donors (Lipinski definition) is 3. The van der Waals surface area contributed by atoms with E-state index in [-0.39, 0.29) is 29.4 Å². The summed E-state index contributed by atoms with van der Waals surface area (Å²) >= 11 is 6.45. The van der Waals surface area contributed by atoms with Crippen LogP contribution in [0.1, 0.15) is 62.7 Å². The van der Waals surface area contributed by atoms with Gasteiger partial charge in [-0.2, -0.15) is 0 Å². The van der Waals surface area contributed by atoms with Crippen LogP contribution in [0.15, 0.2) is 21.1 Å². The smallest absolute Gasteiger partial charge is 0.342 e. The fraction of sp³-hybridized carbons (Fsp3) is 0.652. The highest BCUT2D eigenvalue weighted by Gasteiger charge is 2.51.